The van der Waals surface area contributed by atoms with Gasteiger partial charge in [-0.25, -0.2) is 4.39 Å². The Labute approximate surface area is 176 Å². The molecule has 2 fully saturated rings. The second-order valence-electron chi connectivity index (χ2n) is 7.91. The highest BCUT2D eigenvalue weighted by molar-refractivity contribution is 5.94. The zero-order chi connectivity index (χ0) is 19.3. The molecule has 6 nitrogen and oxygen atoms in total. The summed E-state index contributed by atoms with van der Waals surface area (Å²) >= 11 is 0. The van der Waals surface area contributed by atoms with Crippen LogP contribution in [0.25, 0.3) is 0 Å². The van der Waals surface area contributed by atoms with Crippen molar-refractivity contribution in [1.82, 2.24) is 20.8 Å². The molecule has 2 aliphatic rings. The summed E-state index contributed by atoms with van der Waals surface area (Å²) in [5.74, 6) is 1.33. The number of halogens is 2. The first-order valence-corrected chi connectivity index (χ1v) is 10.3. The maximum absolute atomic E-state index is 14.1. The van der Waals surface area contributed by atoms with Gasteiger partial charge in [0.1, 0.15) is 5.82 Å². The van der Waals surface area contributed by atoms with E-state index in [0.29, 0.717) is 36.5 Å². The van der Waals surface area contributed by atoms with Crippen LogP contribution in [0.2, 0.25) is 0 Å². The number of nitrogens with zero attached hydrogens (tertiary/aromatic N) is 2. The normalized spacial score (nSPS) is 19.3. The number of carbonyl (C=O) groups excluding carboxylic acids is 1. The van der Waals surface area contributed by atoms with E-state index in [1.165, 1.54) is 18.9 Å². The lowest BCUT2D eigenvalue weighted by molar-refractivity contribution is 0.0949. The lowest BCUT2D eigenvalue weighted by Gasteiger charge is -2.11. The molecule has 0 spiro atoms. The first-order valence-electron chi connectivity index (χ1n) is 10.3. The maximum Gasteiger partial charge on any atom is 0.254 e. The smallest absolute Gasteiger partial charge is 0.254 e. The molecule has 2 N–H and O–H groups in total. The van der Waals surface area contributed by atoms with Gasteiger partial charge in [0, 0.05) is 18.9 Å². The van der Waals surface area contributed by atoms with Crippen molar-refractivity contribution in [2.75, 3.05) is 19.6 Å². The standard InChI is InChI=1S/C21H27FN4O2.ClH/c22-18-6-5-14(11-15-7-9-23-13-15)12-17(18)20(27)24-10-8-19-25-21(28-26-19)16-3-1-2-4-16;/h5-6,12,15-16,23H,1-4,7-11,13H2,(H,24,27);1H. The lowest BCUT2D eigenvalue weighted by Crippen LogP contribution is -2.27. The van der Waals surface area contributed by atoms with E-state index in [2.05, 4.69) is 20.8 Å². The molecule has 1 aliphatic heterocycles. The summed E-state index contributed by atoms with van der Waals surface area (Å²) in [6.07, 6.45) is 7.07. The van der Waals surface area contributed by atoms with Crippen LogP contribution in [0.3, 0.4) is 0 Å². The molecular weight excluding hydrogens is 395 g/mol. The van der Waals surface area contributed by atoms with Crippen molar-refractivity contribution in [3.63, 3.8) is 0 Å². The zero-order valence-corrected chi connectivity index (χ0v) is 17.3. The van der Waals surface area contributed by atoms with Crippen molar-refractivity contribution >= 4 is 18.3 Å². The van der Waals surface area contributed by atoms with Crippen LogP contribution in [0.5, 0.6) is 0 Å². The average molecular weight is 423 g/mol. The number of rotatable bonds is 7. The Morgan fingerprint density at radius 2 is 2.10 bits per heavy atom. The summed E-state index contributed by atoms with van der Waals surface area (Å²) in [6, 6.07) is 4.84. The van der Waals surface area contributed by atoms with Crippen molar-refractivity contribution in [3.8, 4) is 0 Å². The molecule has 1 unspecified atom stereocenters. The number of aromatic nitrogens is 2. The van der Waals surface area contributed by atoms with E-state index in [1.807, 2.05) is 0 Å². The average Bonchev–Trinajstić information content (AvgIpc) is 3.45. The molecule has 1 amide bonds. The molecule has 0 bridgehead atoms. The Morgan fingerprint density at radius 1 is 1.28 bits per heavy atom. The van der Waals surface area contributed by atoms with Gasteiger partial charge in [-0.15, -0.1) is 12.4 Å². The molecule has 0 radical (unpaired) electrons. The van der Waals surface area contributed by atoms with Gasteiger partial charge in [-0.2, -0.15) is 4.98 Å². The number of hydrogen-bond acceptors (Lipinski definition) is 5. The molecule has 8 heteroatoms. The molecule has 1 aliphatic carbocycles. The van der Waals surface area contributed by atoms with Gasteiger partial charge in [-0.3, -0.25) is 4.79 Å². The maximum atomic E-state index is 14.1. The largest absolute Gasteiger partial charge is 0.351 e. The van der Waals surface area contributed by atoms with E-state index in [9.17, 15) is 9.18 Å². The molecule has 1 aromatic carbocycles. The predicted octanol–water partition coefficient (Wildman–Crippen LogP) is 3.41. The molecule has 1 atom stereocenters. The molecule has 4 rings (SSSR count). The molecule has 1 aromatic heterocycles. The second kappa shape index (κ2) is 10.2. The van der Waals surface area contributed by atoms with E-state index < -0.39 is 11.7 Å². The van der Waals surface area contributed by atoms with Crippen LogP contribution in [0.4, 0.5) is 4.39 Å². The first kappa shape index (κ1) is 21.7. The van der Waals surface area contributed by atoms with Crippen molar-refractivity contribution in [2.24, 2.45) is 5.92 Å². The van der Waals surface area contributed by atoms with Gasteiger partial charge in [0.25, 0.3) is 5.91 Å². The monoisotopic (exact) mass is 422 g/mol. The first-order chi connectivity index (χ1) is 13.7. The third-order valence-electron chi connectivity index (χ3n) is 5.78. The van der Waals surface area contributed by atoms with Gasteiger partial charge in [-0.1, -0.05) is 24.1 Å². The molecule has 2 heterocycles. The van der Waals surface area contributed by atoms with Crippen LogP contribution in [-0.2, 0) is 12.8 Å². The summed E-state index contributed by atoms with van der Waals surface area (Å²) < 4.78 is 19.5. The highest BCUT2D eigenvalue weighted by atomic mass is 35.5. The van der Waals surface area contributed by atoms with Crippen molar-refractivity contribution in [3.05, 3.63) is 46.9 Å². The Kier molecular flexibility index (Phi) is 7.61. The SMILES string of the molecule is Cl.O=C(NCCc1noc(C2CCCC2)n1)c1cc(CC2CCNC2)ccc1F. The number of hydrogen-bond donors (Lipinski definition) is 2. The second-order valence-corrected chi connectivity index (χ2v) is 7.91. The van der Waals surface area contributed by atoms with Crippen molar-refractivity contribution in [2.45, 2.75) is 50.9 Å². The highest BCUT2D eigenvalue weighted by Gasteiger charge is 2.23. The fourth-order valence-electron chi connectivity index (χ4n) is 4.19. The lowest BCUT2D eigenvalue weighted by atomic mass is 9.97. The Hall–Kier alpha value is -1.99. The summed E-state index contributed by atoms with van der Waals surface area (Å²) in [7, 11) is 0. The minimum atomic E-state index is -0.492. The van der Waals surface area contributed by atoms with Crippen molar-refractivity contribution in [1.29, 1.82) is 0 Å². The minimum absolute atomic E-state index is 0. The number of nitrogens with one attached hydrogen (secondary N) is 2. The van der Waals surface area contributed by atoms with Gasteiger partial charge in [-0.05, 0) is 62.4 Å². The van der Waals surface area contributed by atoms with E-state index in [4.69, 9.17) is 4.52 Å². The molecule has 1 saturated heterocycles. The third-order valence-corrected chi connectivity index (χ3v) is 5.78. The summed E-state index contributed by atoms with van der Waals surface area (Å²) in [5, 5.41) is 10.1. The summed E-state index contributed by atoms with van der Waals surface area (Å²) in [6.45, 7) is 2.35. The fourth-order valence-corrected chi connectivity index (χ4v) is 4.19. The number of carbonyl (C=O) groups is 1. The fraction of sp³-hybridized carbons (Fsp3) is 0.571. The predicted molar refractivity (Wildman–Crippen MR) is 110 cm³/mol. The van der Waals surface area contributed by atoms with E-state index in [0.717, 1.165) is 44.3 Å². The Morgan fingerprint density at radius 3 is 2.86 bits per heavy atom. The summed E-state index contributed by atoms with van der Waals surface area (Å²) in [5.41, 5.74) is 1.10. The van der Waals surface area contributed by atoms with Crippen LogP contribution < -0.4 is 10.6 Å². The van der Waals surface area contributed by atoms with Crippen LogP contribution in [0, 0.1) is 11.7 Å². The van der Waals surface area contributed by atoms with E-state index in [-0.39, 0.29) is 18.0 Å². The molecule has 29 heavy (non-hydrogen) atoms. The molecule has 2 aromatic rings. The van der Waals surface area contributed by atoms with Crippen LogP contribution in [-0.4, -0.2) is 35.7 Å². The van der Waals surface area contributed by atoms with Crippen LogP contribution in [0.1, 0.15) is 65.7 Å². The van der Waals surface area contributed by atoms with Gasteiger partial charge in [0.05, 0.1) is 5.56 Å². The van der Waals surface area contributed by atoms with Crippen LogP contribution in [0.15, 0.2) is 22.7 Å². The van der Waals surface area contributed by atoms with Gasteiger partial charge in [0.15, 0.2) is 5.82 Å². The Balaban J connectivity index is 0.00000240. The number of benzene rings is 1. The van der Waals surface area contributed by atoms with Gasteiger partial charge in [0.2, 0.25) is 5.89 Å². The quantitative estimate of drug-likeness (QED) is 0.714. The zero-order valence-electron chi connectivity index (χ0n) is 16.5. The number of amides is 1. The van der Waals surface area contributed by atoms with Gasteiger partial charge < -0.3 is 15.2 Å². The molecular formula is C21H28ClFN4O2. The minimum Gasteiger partial charge on any atom is -0.351 e. The Bertz CT molecular complexity index is 817. The highest BCUT2D eigenvalue weighted by Crippen LogP contribution is 2.32. The van der Waals surface area contributed by atoms with Crippen LogP contribution >= 0.6 is 12.4 Å². The summed E-state index contributed by atoms with van der Waals surface area (Å²) in [4.78, 5) is 16.9. The third kappa shape index (κ3) is 5.54. The topological polar surface area (TPSA) is 80.1 Å². The van der Waals surface area contributed by atoms with Crippen molar-refractivity contribution < 1.29 is 13.7 Å². The van der Waals surface area contributed by atoms with E-state index >= 15 is 0 Å². The molecule has 1 saturated carbocycles. The van der Waals surface area contributed by atoms with E-state index in [1.54, 1.807) is 12.1 Å². The molecule has 158 valence electrons. The van der Waals surface area contributed by atoms with Gasteiger partial charge >= 0.3 is 0 Å².